The molecule has 2 unspecified atom stereocenters. The van der Waals surface area contributed by atoms with Crippen LogP contribution in [0.1, 0.15) is 12.0 Å². The van der Waals surface area contributed by atoms with Gasteiger partial charge in [0, 0.05) is 39.9 Å². The third-order valence-corrected chi connectivity index (χ3v) is 5.37. The van der Waals surface area contributed by atoms with Gasteiger partial charge in [0.25, 0.3) is 0 Å². The van der Waals surface area contributed by atoms with E-state index in [9.17, 15) is 0 Å². The molecule has 1 aliphatic rings. The zero-order valence-electron chi connectivity index (χ0n) is 13.2. The number of imidazole rings is 1. The van der Waals surface area contributed by atoms with Crippen molar-refractivity contribution in [3.8, 4) is 0 Å². The molecule has 0 spiro atoms. The van der Waals surface area contributed by atoms with Gasteiger partial charge in [-0.1, -0.05) is 58.5 Å². The van der Waals surface area contributed by atoms with Crippen molar-refractivity contribution in [3.63, 3.8) is 0 Å². The lowest BCUT2D eigenvalue weighted by Crippen LogP contribution is -2.34. The molecule has 25 heavy (non-hydrogen) atoms. The van der Waals surface area contributed by atoms with Crippen LogP contribution >= 0.6 is 46.4 Å². The van der Waals surface area contributed by atoms with Gasteiger partial charge >= 0.3 is 0 Å². The van der Waals surface area contributed by atoms with Crippen molar-refractivity contribution < 1.29 is 4.74 Å². The number of alkyl halides is 1. The number of hydrogen-bond donors (Lipinski definition) is 0. The second-order valence-corrected chi connectivity index (χ2v) is 7.68. The first-order valence-electron chi connectivity index (χ1n) is 7.75. The van der Waals surface area contributed by atoms with E-state index < -0.39 is 5.06 Å². The van der Waals surface area contributed by atoms with Crippen LogP contribution in [0.3, 0.4) is 0 Å². The second-order valence-electron chi connectivity index (χ2n) is 5.81. The van der Waals surface area contributed by atoms with Crippen LogP contribution in [0.5, 0.6) is 0 Å². The van der Waals surface area contributed by atoms with Crippen molar-refractivity contribution in [1.29, 1.82) is 0 Å². The molecular formula is C18H16Cl4N2O. The van der Waals surface area contributed by atoms with Crippen LogP contribution in [0.15, 0.2) is 60.2 Å². The number of rotatable bonds is 6. The molecule has 0 radical (unpaired) electrons. The van der Waals surface area contributed by atoms with E-state index in [1.54, 1.807) is 30.7 Å². The molecule has 3 nitrogen and oxygen atoms in total. The fourth-order valence-corrected chi connectivity index (χ4v) is 3.77. The largest absolute Gasteiger partial charge is 0.351 e. The van der Waals surface area contributed by atoms with Gasteiger partial charge < -0.3 is 9.30 Å². The summed E-state index contributed by atoms with van der Waals surface area (Å²) in [6, 6.07) is 5.28. The quantitative estimate of drug-likeness (QED) is 0.535. The Morgan fingerprint density at radius 3 is 2.80 bits per heavy atom. The number of aromatic nitrogens is 2. The van der Waals surface area contributed by atoms with Crippen LogP contribution in [-0.4, -0.2) is 14.6 Å². The Hall–Kier alpha value is -0.970. The number of aryl methyl sites for hydroxylation is 1. The third kappa shape index (κ3) is 4.81. The number of allylic oxidation sites excluding steroid dienone is 2. The highest BCUT2D eigenvalue weighted by atomic mass is 35.5. The fraction of sp³-hybridized carbons (Fsp3) is 0.278. The Morgan fingerprint density at radius 1 is 1.24 bits per heavy atom. The van der Waals surface area contributed by atoms with Crippen molar-refractivity contribution in [2.75, 3.05) is 0 Å². The smallest absolute Gasteiger partial charge is 0.168 e. The zero-order chi connectivity index (χ0) is 17.9. The molecule has 0 amide bonds. The molecule has 2 atom stereocenters. The Kier molecular flexibility index (Phi) is 6.13. The van der Waals surface area contributed by atoms with Gasteiger partial charge in [0.15, 0.2) is 5.06 Å². The number of benzene rings is 1. The standard InChI is InChI=1S/C18H16Cl4N2O/c19-15-3-1-13(17(21)9-15)11-25-18(22)10-16(20)4-2-14(18)5-7-24-8-6-23-12-24/h1-4,6,8-10,12,14H,5,7,11H2. The van der Waals surface area contributed by atoms with E-state index in [-0.39, 0.29) is 12.5 Å². The van der Waals surface area contributed by atoms with Crippen molar-refractivity contribution in [3.05, 3.63) is 75.8 Å². The van der Waals surface area contributed by atoms with Crippen LogP contribution in [0.4, 0.5) is 0 Å². The molecule has 0 N–H and O–H groups in total. The van der Waals surface area contributed by atoms with E-state index in [2.05, 4.69) is 4.98 Å². The Balaban J connectivity index is 1.71. The number of hydrogen-bond acceptors (Lipinski definition) is 2. The molecule has 0 aliphatic heterocycles. The fourth-order valence-electron chi connectivity index (χ4n) is 2.66. The molecule has 0 bridgehead atoms. The van der Waals surface area contributed by atoms with Gasteiger partial charge in [-0.25, -0.2) is 4.98 Å². The average molecular weight is 418 g/mol. The van der Waals surface area contributed by atoms with E-state index >= 15 is 0 Å². The summed E-state index contributed by atoms with van der Waals surface area (Å²) in [7, 11) is 0. The molecule has 0 fully saturated rings. The summed E-state index contributed by atoms with van der Waals surface area (Å²) < 4.78 is 8.03. The number of halogens is 4. The molecule has 0 saturated carbocycles. The molecular weight excluding hydrogens is 402 g/mol. The number of ether oxygens (including phenoxy) is 1. The van der Waals surface area contributed by atoms with Crippen molar-refractivity contribution in [1.82, 2.24) is 9.55 Å². The second kappa shape index (κ2) is 8.15. The Morgan fingerprint density at radius 2 is 2.08 bits per heavy atom. The van der Waals surface area contributed by atoms with Crippen LogP contribution in [0, 0.1) is 5.92 Å². The van der Waals surface area contributed by atoms with Gasteiger partial charge in [-0.3, -0.25) is 0 Å². The maximum Gasteiger partial charge on any atom is 0.168 e. The molecule has 1 aliphatic carbocycles. The van der Waals surface area contributed by atoms with Crippen LogP contribution in [-0.2, 0) is 17.9 Å². The minimum atomic E-state index is -1.03. The van der Waals surface area contributed by atoms with Crippen LogP contribution < -0.4 is 0 Å². The van der Waals surface area contributed by atoms with Crippen LogP contribution in [0.2, 0.25) is 10.0 Å². The van der Waals surface area contributed by atoms with Crippen LogP contribution in [0.25, 0.3) is 0 Å². The number of nitrogens with zero attached hydrogens (tertiary/aromatic N) is 2. The first-order valence-corrected chi connectivity index (χ1v) is 9.26. The summed E-state index contributed by atoms with van der Waals surface area (Å²) in [6.07, 6.45) is 11.8. The summed E-state index contributed by atoms with van der Waals surface area (Å²) in [5.74, 6) is -0.0369. The highest BCUT2D eigenvalue weighted by molar-refractivity contribution is 6.35. The maximum atomic E-state index is 6.78. The van der Waals surface area contributed by atoms with Gasteiger partial charge in [0.1, 0.15) is 0 Å². The van der Waals surface area contributed by atoms with E-state index in [1.165, 1.54) is 0 Å². The van der Waals surface area contributed by atoms with E-state index in [0.717, 1.165) is 18.5 Å². The monoisotopic (exact) mass is 416 g/mol. The summed E-state index contributed by atoms with van der Waals surface area (Å²) in [4.78, 5) is 4.05. The topological polar surface area (TPSA) is 27.1 Å². The van der Waals surface area contributed by atoms with E-state index in [1.807, 2.05) is 29.0 Å². The molecule has 132 valence electrons. The van der Waals surface area contributed by atoms with Crippen molar-refractivity contribution in [2.24, 2.45) is 5.92 Å². The average Bonchev–Trinajstić information content (AvgIpc) is 3.07. The molecule has 2 aromatic rings. The molecule has 1 heterocycles. The molecule has 7 heteroatoms. The minimum Gasteiger partial charge on any atom is -0.351 e. The summed E-state index contributed by atoms with van der Waals surface area (Å²) in [6.45, 7) is 1.04. The summed E-state index contributed by atoms with van der Waals surface area (Å²) >= 11 is 25.1. The molecule has 0 saturated heterocycles. The molecule has 1 aromatic heterocycles. The Labute approximate surface area is 166 Å². The van der Waals surface area contributed by atoms with Gasteiger partial charge in [-0.2, -0.15) is 0 Å². The minimum absolute atomic E-state index is 0.0369. The van der Waals surface area contributed by atoms with Gasteiger partial charge in [0.2, 0.25) is 0 Å². The summed E-state index contributed by atoms with van der Waals surface area (Å²) in [5.41, 5.74) is 0.818. The van der Waals surface area contributed by atoms with Crippen molar-refractivity contribution >= 4 is 46.4 Å². The lowest BCUT2D eigenvalue weighted by molar-refractivity contribution is 0.00863. The molecule has 3 rings (SSSR count). The maximum absolute atomic E-state index is 6.78. The predicted octanol–water partition coefficient (Wildman–Crippen LogP) is 6.04. The van der Waals surface area contributed by atoms with Gasteiger partial charge in [-0.05, 0) is 36.3 Å². The van der Waals surface area contributed by atoms with Crippen molar-refractivity contribution in [2.45, 2.75) is 24.6 Å². The summed E-state index contributed by atoms with van der Waals surface area (Å²) in [5, 5.41) is 0.645. The Bertz CT molecular complexity index is 788. The lowest BCUT2D eigenvalue weighted by Gasteiger charge is -2.33. The lowest BCUT2D eigenvalue weighted by atomic mass is 9.93. The zero-order valence-corrected chi connectivity index (χ0v) is 16.2. The SMILES string of the molecule is ClC1=CC(Cl)(OCc2ccc(Cl)cc2Cl)C(CCn2ccnc2)C=C1. The first kappa shape index (κ1) is 18.8. The van der Waals surface area contributed by atoms with E-state index in [0.29, 0.717) is 15.1 Å². The third-order valence-electron chi connectivity index (χ3n) is 4.05. The predicted molar refractivity (Wildman–Crippen MR) is 103 cm³/mol. The first-order chi connectivity index (χ1) is 12.0. The normalized spacial score (nSPS) is 22.9. The van der Waals surface area contributed by atoms with E-state index in [4.69, 9.17) is 51.1 Å². The highest BCUT2D eigenvalue weighted by Crippen LogP contribution is 2.39. The highest BCUT2D eigenvalue weighted by Gasteiger charge is 2.36. The van der Waals surface area contributed by atoms with Gasteiger partial charge in [0.05, 0.1) is 12.9 Å². The molecule has 1 aromatic carbocycles. The van der Waals surface area contributed by atoms with Gasteiger partial charge in [-0.15, -0.1) is 0 Å².